The molecule has 140 valence electrons. The SMILES string of the molecule is Cc1nc(-n2cccc2)sc1C(=O)N1CCN(CC(=O)c2cccs2)CC1. The fraction of sp³-hybridized carbons (Fsp3) is 0.316. The summed E-state index contributed by atoms with van der Waals surface area (Å²) < 4.78 is 1.92. The van der Waals surface area contributed by atoms with Gasteiger partial charge < -0.3 is 9.47 Å². The molecule has 0 atom stereocenters. The largest absolute Gasteiger partial charge is 0.335 e. The van der Waals surface area contributed by atoms with Gasteiger partial charge in [-0.05, 0) is 30.5 Å². The van der Waals surface area contributed by atoms with Crippen LogP contribution in [0.3, 0.4) is 0 Å². The van der Waals surface area contributed by atoms with Crippen molar-refractivity contribution in [3.8, 4) is 5.13 Å². The summed E-state index contributed by atoms with van der Waals surface area (Å²) in [7, 11) is 0. The van der Waals surface area contributed by atoms with E-state index in [4.69, 9.17) is 0 Å². The third-order valence-electron chi connectivity index (χ3n) is 4.63. The van der Waals surface area contributed by atoms with Crippen molar-refractivity contribution in [2.45, 2.75) is 6.92 Å². The molecule has 3 aromatic heterocycles. The first-order valence-corrected chi connectivity index (χ1v) is 10.5. The number of nitrogens with zero attached hydrogens (tertiary/aromatic N) is 4. The van der Waals surface area contributed by atoms with Gasteiger partial charge in [0.1, 0.15) is 4.88 Å². The molecule has 1 amide bonds. The van der Waals surface area contributed by atoms with Gasteiger partial charge in [0, 0.05) is 38.6 Å². The van der Waals surface area contributed by atoms with Crippen LogP contribution in [0, 0.1) is 6.92 Å². The van der Waals surface area contributed by atoms with Gasteiger partial charge in [0.25, 0.3) is 5.91 Å². The highest BCUT2D eigenvalue weighted by Crippen LogP contribution is 2.24. The highest BCUT2D eigenvalue weighted by Gasteiger charge is 2.26. The summed E-state index contributed by atoms with van der Waals surface area (Å²) in [6.45, 7) is 4.99. The zero-order valence-electron chi connectivity index (χ0n) is 15.0. The molecule has 8 heteroatoms. The van der Waals surface area contributed by atoms with Gasteiger partial charge in [-0.15, -0.1) is 11.3 Å². The maximum absolute atomic E-state index is 12.9. The Morgan fingerprint density at radius 3 is 2.52 bits per heavy atom. The number of piperazine rings is 1. The fourth-order valence-corrected chi connectivity index (χ4v) is 4.78. The van der Waals surface area contributed by atoms with Gasteiger partial charge in [0.15, 0.2) is 10.9 Å². The lowest BCUT2D eigenvalue weighted by atomic mass is 10.2. The first-order valence-electron chi connectivity index (χ1n) is 8.81. The van der Waals surface area contributed by atoms with E-state index in [2.05, 4.69) is 9.88 Å². The second-order valence-electron chi connectivity index (χ2n) is 6.47. The molecule has 4 rings (SSSR count). The summed E-state index contributed by atoms with van der Waals surface area (Å²) in [5.74, 6) is 0.187. The molecule has 0 saturated carbocycles. The summed E-state index contributed by atoms with van der Waals surface area (Å²) in [5, 5.41) is 2.73. The Labute approximate surface area is 165 Å². The normalized spacial score (nSPS) is 15.2. The minimum Gasteiger partial charge on any atom is -0.335 e. The van der Waals surface area contributed by atoms with E-state index in [1.165, 1.54) is 22.7 Å². The molecular weight excluding hydrogens is 380 g/mol. The minimum absolute atomic E-state index is 0.0349. The Balaban J connectivity index is 1.37. The first kappa shape index (κ1) is 18.1. The van der Waals surface area contributed by atoms with Crippen LogP contribution >= 0.6 is 22.7 Å². The Morgan fingerprint density at radius 1 is 1.11 bits per heavy atom. The molecule has 1 fully saturated rings. The number of carbonyl (C=O) groups is 2. The topological polar surface area (TPSA) is 58.4 Å². The lowest BCUT2D eigenvalue weighted by Gasteiger charge is -2.34. The average molecular weight is 401 g/mol. The Bertz CT molecular complexity index is 923. The van der Waals surface area contributed by atoms with Gasteiger partial charge in [-0.25, -0.2) is 4.98 Å². The molecule has 1 saturated heterocycles. The van der Waals surface area contributed by atoms with Crippen LogP contribution in [0.2, 0.25) is 0 Å². The van der Waals surface area contributed by atoms with Gasteiger partial charge in [-0.2, -0.15) is 0 Å². The molecule has 0 bridgehead atoms. The number of amides is 1. The smallest absolute Gasteiger partial charge is 0.266 e. The summed E-state index contributed by atoms with van der Waals surface area (Å²) in [4.78, 5) is 35.2. The minimum atomic E-state index is 0.0349. The monoisotopic (exact) mass is 400 g/mol. The molecule has 0 unspecified atom stereocenters. The fourth-order valence-electron chi connectivity index (χ4n) is 3.12. The number of hydrogen-bond donors (Lipinski definition) is 0. The average Bonchev–Trinajstić information content (AvgIpc) is 3.43. The number of hydrogen-bond acceptors (Lipinski definition) is 6. The lowest BCUT2D eigenvalue weighted by molar-refractivity contribution is 0.0628. The molecule has 6 nitrogen and oxygen atoms in total. The van der Waals surface area contributed by atoms with Gasteiger partial charge in [-0.3, -0.25) is 14.5 Å². The van der Waals surface area contributed by atoms with Gasteiger partial charge in [-0.1, -0.05) is 17.4 Å². The zero-order valence-corrected chi connectivity index (χ0v) is 16.6. The van der Waals surface area contributed by atoms with Crippen molar-refractivity contribution >= 4 is 34.4 Å². The van der Waals surface area contributed by atoms with E-state index in [0.717, 1.165) is 15.7 Å². The third kappa shape index (κ3) is 3.87. The highest BCUT2D eigenvalue weighted by atomic mass is 32.1. The Morgan fingerprint density at radius 2 is 1.85 bits per heavy atom. The Kier molecular flexibility index (Phi) is 5.20. The second-order valence-corrected chi connectivity index (χ2v) is 8.40. The van der Waals surface area contributed by atoms with E-state index in [9.17, 15) is 9.59 Å². The molecule has 3 aromatic rings. The summed E-state index contributed by atoms with van der Waals surface area (Å²) >= 11 is 2.90. The van der Waals surface area contributed by atoms with E-state index in [1.807, 2.05) is 58.4 Å². The Hall–Kier alpha value is -2.29. The molecule has 0 N–H and O–H groups in total. The van der Waals surface area contributed by atoms with E-state index >= 15 is 0 Å². The molecule has 27 heavy (non-hydrogen) atoms. The molecule has 4 heterocycles. The van der Waals surface area contributed by atoms with Crippen molar-refractivity contribution in [3.05, 3.63) is 57.5 Å². The van der Waals surface area contributed by atoms with E-state index in [0.29, 0.717) is 37.6 Å². The number of rotatable bonds is 5. The third-order valence-corrected chi connectivity index (χ3v) is 6.70. The van der Waals surface area contributed by atoms with Crippen LogP contribution in [-0.2, 0) is 0 Å². The second kappa shape index (κ2) is 7.75. The van der Waals surface area contributed by atoms with Gasteiger partial charge >= 0.3 is 0 Å². The summed E-state index contributed by atoms with van der Waals surface area (Å²) in [6, 6.07) is 7.64. The number of thiazole rings is 1. The van der Waals surface area contributed by atoms with E-state index in [1.54, 1.807) is 0 Å². The highest BCUT2D eigenvalue weighted by molar-refractivity contribution is 7.16. The summed E-state index contributed by atoms with van der Waals surface area (Å²) in [5.41, 5.74) is 0.768. The van der Waals surface area contributed by atoms with Crippen LogP contribution in [0.1, 0.15) is 25.0 Å². The van der Waals surface area contributed by atoms with Crippen molar-refractivity contribution < 1.29 is 9.59 Å². The van der Waals surface area contributed by atoms with Crippen LogP contribution < -0.4 is 0 Å². The quantitative estimate of drug-likeness (QED) is 0.618. The lowest BCUT2D eigenvalue weighted by Crippen LogP contribution is -2.49. The van der Waals surface area contributed by atoms with Crippen molar-refractivity contribution in [1.82, 2.24) is 19.4 Å². The predicted molar refractivity (Wildman–Crippen MR) is 107 cm³/mol. The molecule has 0 aliphatic carbocycles. The maximum Gasteiger partial charge on any atom is 0.266 e. The van der Waals surface area contributed by atoms with E-state index < -0.39 is 0 Å². The zero-order chi connectivity index (χ0) is 18.8. The van der Waals surface area contributed by atoms with Crippen LogP contribution in [0.15, 0.2) is 42.0 Å². The molecule has 0 radical (unpaired) electrons. The number of carbonyl (C=O) groups excluding carboxylic acids is 2. The van der Waals surface area contributed by atoms with Crippen LogP contribution in [0.5, 0.6) is 0 Å². The number of aryl methyl sites for hydroxylation is 1. The number of thiophene rings is 1. The predicted octanol–water partition coefficient (Wildman–Crippen LogP) is 2.94. The summed E-state index contributed by atoms with van der Waals surface area (Å²) in [6.07, 6.45) is 3.85. The number of aromatic nitrogens is 2. The molecule has 1 aliphatic heterocycles. The number of Topliss-reactive ketones (excluding diaryl/α,β-unsaturated/α-hetero) is 1. The molecule has 0 spiro atoms. The number of ketones is 1. The van der Waals surface area contributed by atoms with Crippen molar-refractivity contribution in [2.75, 3.05) is 32.7 Å². The van der Waals surface area contributed by atoms with Crippen LogP contribution in [0.25, 0.3) is 5.13 Å². The molecular formula is C19H20N4O2S2. The van der Waals surface area contributed by atoms with Gasteiger partial charge in [0.2, 0.25) is 0 Å². The maximum atomic E-state index is 12.9. The standard InChI is InChI=1S/C19H20N4O2S2/c1-14-17(27-19(20-14)23-6-2-3-7-23)18(25)22-10-8-21(9-11-22)13-15(24)16-5-4-12-26-16/h2-7,12H,8-11,13H2,1H3. The van der Waals surface area contributed by atoms with Crippen LogP contribution in [0.4, 0.5) is 0 Å². The van der Waals surface area contributed by atoms with Crippen LogP contribution in [-0.4, -0.2) is 63.8 Å². The van der Waals surface area contributed by atoms with E-state index in [-0.39, 0.29) is 11.7 Å². The van der Waals surface area contributed by atoms with Crippen molar-refractivity contribution in [3.63, 3.8) is 0 Å². The van der Waals surface area contributed by atoms with Crippen molar-refractivity contribution in [2.24, 2.45) is 0 Å². The first-order chi connectivity index (χ1) is 13.1. The molecule has 1 aliphatic rings. The van der Waals surface area contributed by atoms with Crippen molar-refractivity contribution in [1.29, 1.82) is 0 Å². The molecule has 0 aromatic carbocycles. The van der Waals surface area contributed by atoms with Gasteiger partial charge in [0.05, 0.1) is 17.1 Å².